The molecule has 1 aromatic heterocycles. The zero-order valence-electron chi connectivity index (χ0n) is 15.3. The van der Waals surface area contributed by atoms with Gasteiger partial charge in [-0.05, 0) is 30.9 Å². The minimum absolute atomic E-state index is 0.0317. The van der Waals surface area contributed by atoms with Gasteiger partial charge in [0.15, 0.2) is 10.9 Å². The SMILES string of the molecule is CCCSc1nc2c(c(=O)[nH]1)[C@H](c1cccc(Cl)c1Cl)C1=C(CCCC1=O)N2. The van der Waals surface area contributed by atoms with Crippen LogP contribution in [0.25, 0.3) is 0 Å². The second-order valence-electron chi connectivity index (χ2n) is 6.85. The molecule has 1 aliphatic heterocycles. The van der Waals surface area contributed by atoms with Crippen molar-refractivity contribution in [3.05, 3.63) is 61.0 Å². The van der Waals surface area contributed by atoms with E-state index in [0.29, 0.717) is 44.1 Å². The van der Waals surface area contributed by atoms with E-state index in [2.05, 4.69) is 22.2 Å². The van der Waals surface area contributed by atoms with Crippen LogP contribution in [0.15, 0.2) is 39.4 Å². The summed E-state index contributed by atoms with van der Waals surface area (Å²) in [6, 6.07) is 5.30. The normalized spacial score (nSPS) is 18.5. The summed E-state index contributed by atoms with van der Waals surface area (Å²) in [6.07, 6.45) is 2.95. The number of carbonyl (C=O) groups is 1. The van der Waals surface area contributed by atoms with Gasteiger partial charge in [0.1, 0.15) is 5.82 Å². The Kier molecular flexibility index (Phi) is 5.54. The molecule has 0 bridgehead atoms. The summed E-state index contributed by atoms with van der Waals surface area (Å²) in [5, 5.41) is 4.58. The van der Waals surface area contributed by atoms with E-state index in [1.165, 1.54) is 11.8 Å². The van der Waals surface area contributed by atoms with Gasteiger partial charge in [-0.15, -0.1) is 0 Å². The molecule has 2 N–H and O–H groups in total. The van der Waals surface area contributed by atoms with Gasteiger partial charge < -0.3 is 10.3 Å². The fourth-order valence-electron chi connectivity index (χ4n) is 3.76. The highest BCUT2D eigenvalue weighted by Crippen LogP contribution is 2.46. The quantitative estimate of drug-likeness (QED) is 0.513. The average molecular weight is 436 g/mol. The van der Waals surface area contributed by atoms with Crippen LogP contribution in [-0.2, 0) is 4.79 Å². The second kappa shape index (κ2) is 7.93. The number of halogens is 2. The molecule has 1 atom stereocenters. The second-order valence-corrected chi connectivity index (χ2v) is 8.72. The van der Waals surface area contributed by atoms with E-state index in [1.807, 2.05) is 6.07 Å². The molecular weight excluding hydrogens is 417 g/mol. The monoisotopic (exact) mass is 435 g/mol. The smallest absolute Gasteiger partial charge is 0.257 e. The van der Waals surface area contributed by atoms with Crippen LogP contribution >= 0.6 is 35.0 Å². The van der Waals surface area contributed by atoms with Crippen LogP contribution in [0.3, 0.4) is 0 Å². The van der Waals surface area contributed by atoms with Gasteiger partial charge in [0.25, 0.3) is 5.56 Å². The van der Waals surface area contributed by atoms with Crippen molar-refractivity contribution in [3.8, 4) is 0 Å². The molecule has 0 amide bonds. The number of Topliss-reactive ketones (excluding diaryl/α,β-unsaturated/α-hetero) is 1. The third-order valence-electron chi connectivity index (χ3n) is 4.97. The number of nitrogens with one attached hydrogen (secondary N) is 2. The molecule has 28 heavy (non-hydrogen) atoms. The fraction of sp³-hybridized carbons (Fsp3) is 0.350. The molecule has 1 aliphatic carbocycles. The molecular formula is C20H19Cl2N3O2S. The Morgan fingerprint density at radius 3 is 2.86 bits per heavy atom. The van der Waals surface area contributed by atoms with Crippen molar-refractivity contribution in [2.45, 2.75) is 43.7 Å². The van der Waals surface area contributed by atoms with Crippen LogP contribution in [0.4, 0.5) is 5.82 Å². The van der Waals surface area contributed by atoms with Crippen molar-refractivity contribution in [2.75, 3.05) is 11.1 Å². The first-order valence-corrected chi connectivity index (χ1v) is 11.0. The minimum Gasteiger partial charge on any atom is -0.343 e. The first kappa shape index (κ1) is 19.6. The predicted octanol–water partition coefficient (Wildman–Crippen LogP) is 5.14. The summed E-state index contributed by atoms with van der Waals surface area (Å²) >= 11 is 14.2. The molecule has 5 nitrogen and oxygen atoms in total. The number of aromatic amines is 1. The van der Waals surface area contributed by atoms with Crippen molar-refractivity contribution in [2.24, 2.45) is 0 Å². The van der Waals surface area contributed by atoms with E-state index in [4.69, 9.17) is 23.2 Å². The maximum Gasteiger partial charge on any atom is 0.257 e. The Morgan fingerprint density at radius 1 is 1.25 bits per heavy atom. The number of carbonyl (C=O) groups excluding carboxylic acids is 1. The summed E-state index contributed by atoms with van der Waals surface area (Å²) < 4.78 is 0. The van der Waals surface area contributed by atoms with Gasteiger partial charge in [-0.3, -0.25) is 9.59 Å². The first-order chi connectivity index (χ1) is 13.5. The Bertz CT molecular complexity index is 1050. The van der Waals surface area contributed by atoms with Crippen molar-refractivity contribution in [1.82, 2.24) is 9.97 Å². The number of anilines is 1. The lowest BCUT2D eigenvalue weighted by Gasteiger charge is -2.33. The summed E-state index contributed by atoms with van der Waals surface area (Å²) in [5.41, 5.74) is 2.24. The lowest BCUT2D eigenvalue weighted by Crippen LogP contribution is -2.32. The number of aromatic nitrogens is 2. The number of rotatable bonds is 4. The van der Waals surface area contributed by atoms with Gasteiger partial charge in [0.05, 0.1) is 15.6 Å². The Balaban J connectivity index is 1.94. The van der Waals surface area contributed by atoms with Crippen LogP contribution in [0.5, 0.6) is 0 Å². The molecule has 0 spiro atoms. The summed E-state index contributed by atoms with van der Waals surface area (Å²) in [6.45, 7) is 2.07. The summed E-state index contributed by atoms with van der Waals surface area (Å²) in [7, 11) is 0. The highest BCUT2D eigenvalue weighted by atomic mass is 35.5. The topological polar surface area (TPSA) is 74.8 Å². The van der Waals surface area contributed by atoms with E-state index < -0.39 is 5.92 Å². The van der Waals surface area contributed by atoms with Crippen LogP contribution in [0.2, 0.25) is 10.0 Å². The van der Waals surface area contributed by atoms with Crippen molar-refractivity contribution in [1.29, 1.82) is 0 Å². The minimum atomic E-state index is -0.577. The summed E-state index contributed by atoms with van der Waals surface area (Å²) in [4.78, 5) is 33.4. The van der Waals surface area contributed by atoms with E-state index in [1.54, 1.807) is 12.1 Å². The molecule has 0 unspecified atom stereocenters. The van der Waals surface area contributed by atoms with Gasteiger partial charge in [-0.25, -0.2) is 4.98 Å². The molecule has 2 heterocycles. The van der Waals surface area contributed by atoms with Crippen LogP contribution < -0.4 is 10.9 Å². The fourth-order valence-corrected chi connectivity index (χ4v) is 4.90. The lowest BCUT2D eigenvalue weighted by atomic mass is 9.76. The van der Waals surface area contributed by atoms with Gasteiger partial charge in [-0.2, -0.15) is 0 Å². The highest BCUT2D eigenvalue weighted by Gasteiger charge is 2.38. The number of fused-ring (bicyclic) bond motifs is 1. The maximum atomic E-state index is 13.1. The molecule has 0 saturated heterocycles. The molecule has 4 rings (SSSR count). The van der Waals surface area contributed by atoms with Crippen LogP contribution in [-0.4, -0.2) is 21.5 Å². The van der Waals surface area contributed by atoms with E-state index >= 15 is 0 Å². The lowest BCUT2D eigenvalue weighted by molar-refractivity contribution is -0.116. The third-order valence-corrected chi connectivity index (χ3v) is 6.88. The zero-order chi connectivity index (χ0) is 19.8. The van der Waals surface area contributed by atoms with E-state index in [0.717, 1.165) is 30.7 Å². The van der Waals surface area contributed by atoms with E-state index in [-0.39, 0.29) is 11.3 Å². The van der Waals surface area contributed by atoms with Crippen LogP contribution in [0, 0.1) is 0 Å². The van der Waals surface area contributed by atoms with Gasteiger partial charge in [0, 0.05) is 29.4 Å². The third kappa shape index (κ3) is 3.38. The molecule has 1 aromatic carbocycles. The van der Waals surface area contributed by atoms with Crippen LogP contribution in [0.1, 0.15) is 49.7 Å². The molecule has 0 saturated carbocycles. The summed E-state index contributed by atoms with van der Waals surface area (Å²) in [5.74, 6) is 0.811. The number of benzene rings is 1. The zero-order valence-corrected chi connectivity index (χ0v) is 17.6. The van der Waals surface area contributed by atoms with Crippen molar-refractivity contribution >= 4 is 46.6 Å². The number of H-pyrrole nitrogens is 1. The molecule has 8 heteroatoms. The van der Waals surface area contributed by atoms with Crippen molar-refractivity contribution in [3.63, 3.8) is 0 Å². The molecule has 146 valence electrons. The van der Waals surface area contributed by atoms with Gasteiger partial charge >= 0.3 is 0 Å². The van der Waals surface area contributed by atoms with E-state index in [9.17, 15) is 9.59 Å². The molecule has 2 aromatic rings. The molecule has 2 aliphatic rings. The van der Waals surface area contributed by atoms with Gasteiger partial charge in [-0.1, -0.05) is 54.0 Å². The number of thioether (sulfide) groups is 1. The number of hydrogen-bond donors (Lipinski definition) is 2. The predicted molar refractivity (Wildman–Crippen MR) is 114 cm³/mol. The largest absolute Gasteiger partial charge is 0.343 e. The number of hydrogen-bond acceptors (Lipinski definition) is 5. The Labute approximate surface area is 176 Å². The number of nitrogens with zero attached hydrogens (tertiary/aromatic N) is 1. The van der Waals surface area contributed by atoms with Gasteiger partial charge in [0.2, 0.25) is 0 Å². The van der Waals surface area contributed by atoms with Crippen molar-refractivity contribution < 1.29 is 4.79 Å². The number of allylic oxidation sites excluding steroid dienone is 2. The molecule has 0 radical (unpaired) electrons. The number of ketones is 1. The average Bonchev–Trinajstić information content (AvgIpc) is 2.67. The standard InChI is InChI=1S/C20H19Cl2N3O2S/c1-2-9-28-20-24-18-16(19(27)25-20)14(10-5-3-6-11(21)17(10)22)15-12(23-18)7-4-8-13(15)26/h3,5-6,14H,2,4,7-9H2,1H3,(H2,23,24,25,27)/t14-/m1/s1. The Morgan fingerprint density at radius 2 is 2.07 bits per heavy atom. The Hall–Kier alpha value is -1.76. The highest BCUT2D eigenvalue weighted by molar-refractivity contribution is 7.99. The maximum absolute atomic E-state index is 13.1. The first-order valence-electron chi connectivity index (χ1n) is 9.25. The molecule has 0 fully saturated rings.